The molecular weight excluding hydrogens is 384 g/mol. The van der Waals surface area contributed by atoms with Gasteiger partial charge in [0.15, 0.2) is 0 Å². The van der Waals surface area contributed by atoms with E-state index in [-0.39, 0.29) is 17.3 Å². The summed E-state index contributed by atoms with van der Waals surface area (Å²) in [6, 6.07) is 22.0. The molecule has 0 heterocycles. The molecule has 6 heteroatoms. The highest BCUT2D eigenvalue weighted by atomic mass is 79.9. The summed E-state index contributed by atoms with van der Waals surface area (Å²) in [6.07, 6.45) is 0. The smallest absolute Gasteiger partial charge is 0.270 e. The van der Waals surface area contributed by atoms with Gasteiger partial charge in [0, 0.05) is 21.8 Å². The number of nitrogens with zero attached hydrogens (tertiary/aromatic N) is 2. The molecule has 25 heavy (non-hydrogen) atoms. The quantitative estimate of drug-likeness (QED) is 0.441. The number of para-hydroxylation sites is 3. The molecule has 3 aromatic carbocycles. The number of carbonyl (C=O) groups excluding carboxylic acids is 1. The van der Waals surface area contributed by atoms with Gasteiger partial charge in [-0.05, 0) is 42.5 Å². The first-order valence-corrected chi connectivity index (χ1v) is 8.26. The highest BCUT2D eigenvalue weighted by molar-refractivity contribution is 9.10. The summed E-state index contributed by atoms with van der Waals surface area (Å²) < 4.78 is 0.848. The number of amides is 1. The van der Waals surface area contributed by atoms with Gasteiger partial charge in [-0.25, -0.2) is 0 Å². The molecule has 0 atom stereocenters. The fraction of sp³-hybridized carbons (Fsp3) is 0. The van der Waals surface area contributed by atoms with Crippen LogP contribution in [0, 0.1) is 10.1 Å². The third kappa shape index (κ3) is 3.59. The Labute approximate surface area is 152 Å². The van der Waals surface area contributed by atoms with E-state index in [1.807, 2.05) is 6.07 Å². The van der Waals surface area contributed by atoms with Crippen molar-refractivity contribution in [2.24, 2.45) is 0 Å². The Bertz CT molecular complexity index is 911. The zero-order valence-corrected chi connectivity index (χ0v) is 14.6. The molecule has 5 nitrogen and oxygen atoms in total. The number of rotatable bonds is 4. The van der Waals surface area contributed by atoms with Crippen molar-refractivity contribution in [3.8, 4) is 0 Å². The van der Waals surface area contributed by atoms with E-state index in [2.05, 4.69) is 15.9 Å². The second kappa shape index (κ2) is 7.27. The number of nitro benzene ring substituents is 1. The summed E-state index contributed by atoms with van der Waals surface area (Å²) in [5.74, 6) is -0.340. The van der Waals surface area contributed by atoms with E-state index in [0.29, 0.717) is 11.3 Å². The molecule has 0 fully saturated rings. The van der Waals surface area contributed by atoms with Crippen LogP contribution in [-0.2, 0) is 0 Å². The lowest BCUT2D eigenvalue weighted by molar-refractivity contribution is -0.384. The molecule has 0 N–H and O–H groups in total. The first kappa shape index (κ1) is 16.9. The van der Waals surface area contributed by atoms with Gasteiger partial charge in [0.2, 0.25) is 0 Å². The maximum absolute atomic E-state index is 13.1. The SMILES string of the molecule is O=C(c1ccc(Br)cc1)N(c1ccccc1)c1ccccc1[N+](=O)[O-]. The maximum Gasteiger partial charge on any atom is 0.293 e. The third-order valence-corrected chi connectivity index (χ3v) is 4.16. The molecule has 0 aliphatic carbocycles. The molecule has 0 saturated heterocycles. The van der Waals surface area contributed by atoms with Crippen LogP contribution in [0.25, 0.3) is 0 Å². The lowest BCUT2D eigenvalue weighted by Crippen LogP contribution is -2.26. The van der Waals surface area contributed by atoms with Crippen LogP contribution < -0.4 is 4.90 Å². The molecule has 0 radical (unpaired) electrons. The van der Waals surface area contributed by atoms with Crippen LogP contribution >= 0.6 is 15.9 Å². The van der Waals surface area contributed by atoms with Crippen molar-refractivity contribution < 1.29 is 9.72 Å². The van der Waals surface area contributed by atoms with E-state index in [4.69, 9.17) is 0 Å². The molecule has 1 amide bonds. The Morgan fingerprint density at radius 2 is 1.48 bits per heavy atom. The second-order valence-corrected chi connectivity index (χ2v) is 6.14. The van der Waals surface area contributed by atoms with Crippen molar-refractivity contribution in [1.82, 2.24) is 0 Å². The average Bonchev–Trinajstić information content (AvgIpc) is 2.63. The molecule has 0 aromatic heterocycles. The number of nitro groups is 1. The van der Waals surface area contributed by atoms with Crippen LogP contribution in [-0.4, -0.2) is 10.8 Å². The van der Waals surface area contributed by atoms with Gasteiger partial charge >= 0.3 is 0 Å². The van der Waals surface area contributed by atoms with E-state index >= 15 is 0 Å². The van der Waals surface area contributed by atoms with E-state index in [1.54, 1.807) is 66.7 Å². The van der Waals surface area contributed by atoms with Gasteiger partial charge in [-0.3, -0.25) is 19.8 Å². The minimum Gasteiger partial charge on any atom is -0.270 e. The monoisotopic (exact) mass is 396 g/mol. The zero-order valence-electron chi connectivity index (χ0n) is 13.0. The van der Waals surface area contributed by atoms with Crippen LogP contribution in [0.3, 0.4) is 0 Å². The minimum absolute atomic E-state index is 0.128. The largest absolute Gasteiger partial charge is 0.293 e. The van der Waals surface area contributed by atoms with E-state index in [9.17, 15) is 14.9 Å². The molecule has 0 unspecified atom stereocenters. The Kier molecular flexibility index (Phi) is 4.90. The maximum atomic E-state index is 13.1. The Morgan fingerprint density at radius 3 is 2.12 bits per heavy atom. The molecule has 3 aromatic rings. The van der Waals surface area contributed by atoms with Crippen molar-refractivity contribution in [1.29, 1.82) is 0 Å². The van der Waals surface area contributed by atoms with Crippen LogP contribution in [0.2, 0.25) is 0 Å². The van der Waals surface area contributed by atoms with Gasteiger partial charge in [-0.2, -0.15) is 0 Å². The van der Waals surface area contributed by atoms with Gasteiger partial charge in [-0.15, -0.1) is 0 Å². The Morgan fingerprint density at radius 1 is 0.880 bits per heavy atom. The number of hydrogen-bond acceptors (Lipinski definition) is 3. The number of hydrogen-bond donors (Lipinski definition) is 0. The fourth-order valence-corrected chi connectivity index (χ4v) is 2.74. The Hall–Kier alpha value is -2.99. The van der Waals surface area contributed by atoms with Crippen molar-refractivity contribution in [2.75, 3.05) is 4.90 Å². The molecule has 0 spiro atoms. The van der Waals surface area contributed by atoms with Gasteiger partial charge in [0.1, 0.15) is 5.69 Å². The van der Waals surface area contributed by atoms with Crippen molar-refractivity contribution >= 4 is 38.9 Å². The summed E-state index contributed by atoms with van der Waals surface area (Å²) in [4.78, 5) is 25.4. The first-order valence-electron chi connectivity index (χ1n) is 7.46. The average molecular weight is 397 g/mol. The number of carbonyl (C=O) groups is 1. The van der Waals surface area contributed by atoms with Crippen molar-refractivity contribution in [2.45, 2.75) is 0 Å². The van der Waals surface area contributed by atoms with Crippen LogP contribution in [0.15, 0.2) is 83.3 Å². The second-order valence-electron chi connectivity index (χ2n) is 5.23. The van der Waals surface area contributed by atoms with Gasteiger partial charge in [0.05, 0.1) is 4.92 Å². The number of anilines is 2. The third-order valence-electron chi connectivity index (χ3n) is 3.63. The predicted octanol–water partition coefficient (Wildman–Crippen LogP) is 5.34. The normalized spacial score (nSPS) is 10.3. The summed E-state index contributed by atoms with van der Waals surface area (Å²) >= 11 is 3.34. The van der Waals surface area contributed by atoms with Gasteiger partial charge in [0.25, 0.3) is 11.6 Å². The fourth-order valence-electron chi connectivity index (χ4n) is 2.47. The van der Waals surface area contributed by atoms with Crippen LogP contribution in [0.4, 0.5) is 17.1 Å². The number of benzene rings is 3. The number of halogens is 1. The highest BCUT2D eigenvalue weighted by Crippen LogP contribution is 2.34. The standard InChI is InChI=1S/C19H13BrN2O3/c20-15-12-10-14(11-13-15)19(23)21(16-6-2-1-3-7-16)17-8-4-5-9-18(17)22(24)25/h1-13H. The van der Waals surface area contributed by atoms with Gasteiger partial charge < -0.3 is 0 Å². The van der Waals surface area contributed by atoms with E-state index < -0.39 is 4.92 Å². The van der Waals surface area contributed by atoms with E-state index in [1.165, 1.54) is 11.0 Å². The summed E-state index contributed by atoms with van der Waals surface area (Å²) in [7, 11) is 0. The molecule has 3 rings (SSSR count). The summed E-state index contributed by atoms with van der Waals surface area (Å²) in [5.41, 5.74) is 1.10. The lowest BCUT2D eigenvalue weighted by Gasteiger charge is -2.23. The predicted molar refractivity (Wildman–Crippen MR) is 100 cm³/mol. The first-order chi connectivity index (χ1) is 12.1. The molecule has 0 aliphatic heterocycles. The molecule has 0 bridgehead atoms. The topological polar surface area (TPSA) is 63.5 Å². The molecule has 0 saturated carbocycles. The minimum atomic E-state index is -0.486. The molecular formula is C19H13BrN2O3. The molecule has 124 valence electrons. The van der Waals surface area contributed by atoms with Gasteiger partial charge in [-0.1, -0.05) is 46.3 Å². The zero-order chi connectivity index (χ0) is 17.8. The molecule has 0 aliphatic rings. The van der Waals surface area contributed by atoms with Crippen LogP contribution in [0.1, 0.15) is 10.4 Å². The summed E-state index contributed by atoms with van der Waals surface area (Å²) in [5, 5.41) is 11.4. The summed E-state index contributed by atoms with van der Waals surface area (Å²) in [6.45, 7) is 0. The van der Waals surface area contributed by atoms with E-state index in [0.717, 1.165) is 4.47 Å². The van der Waals surface area contributed by atoms with Crippen molar-refractivity contribution in [3.63, 3.8) is 0 Å². The highest BCUT2D eigenvalue weighted by Gasteiger charge is 2.26. The Balaban J connectivity index is 2.16. The van der Waals surface area contributed by atoms with Crippen molar-refractivity contribution in [3.05, 3.63) is 99.0 Å². The van der Waals surface area contributed by atoms with Crippen LogP contribution in [0.5, 0.6) is 0 Å². The lowest BCUT2D eigenvalue weighted by atomic mass is 10.1.